The van der Waals surface area contributed by atoms with Crippen LogP contribution in [0.4, 0.5) is 13.2 Å². The van der Waals surface area contributed by atoms with Gasteiger partial charge < -0.3 is 19.7 Å². The van der Waals surface area contributed by atoms with Gasteiger partial charge in [0.05, 0.1) is 43.0 Å². The van der Waals surface area contributed by atoms with Gasteiger partial charge in [0.15, 0.2) is 5.17 Å². The zero-order chi connectivity index (χ0) is 27.4. The SMILES string of the molecule is CCOC(=O)C1=C(C)N=C2SC=C(CC(=O)NCc3cccc(C(F)(F)F)c3)N2[C@@H]1c1cccc(OC)c1. The van der Waals surface area contributed by atoms with E-state index in [1.807, 2.05) is 23.1 Å². The van der Waals surface area contributed by atoms with E-state index < -0.39 is 23.8 Å². The maximum Gasteiger partial charge on any atom is 0.416 e. The van der Waals surface area contributed by atoms with E-state index in [-0.39, 0.29) is 25.5 Å². The first-order chi connectivity index (χ1) is 18.1. The number of rotatable bonds is 8. The fraction of sp³-hybridized carbons (Fsp3) is 0.296. The highest BCUT2D eigenvalue weighted by atomic mass is 32.2. The van der Waals surface area contributed by atoms with Crippen LogP contribution in [0.3, 0.4) is 0 Å². The number of carbonyl (C=O) groups is 2. The van der Waals surface area contributed by atoms with E-state index in [4.69, 9.17) is 9.47 Å². The molecule has 0 aromatic heterocycles. The number of amidine groups is 1. The van der Waals surface area contributed by atoms with E-state index in [1.54, 1.807) is 32.4 Å². The van der Waals surface area contributed by atoms with Gasteiger partial charge in [-0.25, -0.2) is 9.79 Å². The van der Waals surface area contributed by atoms with Crippen LogP contribution in [0.1, 0.15) is 43.0 Å². The molecular weight excluding hydrogens is 519 g/mol. The maximum absolute atomic E-state index is 13.0. The molecule has 11 heteroatoms. The van der Waals surface area contributed by atoms with Crippen molar-refractivity contribution < 1.29 is 32.2 Å². The highest BCUT2D eigenvalue weighted by molar-refractivity contribution is 8.16. The van der Waals surface area contributed by atoms with Crippen LogP contribution >= 0.6 is 11.8 Å². The summed E-state index contributed by atoms with van der Waals surface area (Å²) >= 11 is 1.33. The molecule has 4 rings (SSSR count). The minimum absolute atomic E-state index is 0.0590. The zero-order valence-corrected chi connectivity index (χ0v) is 21.8. The van der Waals surface area contributed by atoms with Crippen LogP contribution in [0, 0.1) is 0 Å². The molecule has 0 spiro atoms. The summed E-state index contributed by atoms with van der Waals surface area (Å²) in [4.78, 5) is 32.3. The predicted octanol–water partition coefficient (Wildman–Crippen LogP) is 5.56. The van der Waals surface area contributed by atoms with Crippen LogP contribution in [-0.4, -0.2) is 35.7 Å². The second kappa shape index (κ2) is 11.3. The first-order valence-corrected chi connectivity index (χ1v) is 12.7. The Morgan fingerprint density at radius 3 is 2.63 bits per heavy atom. The molecular formula is C27H26F3N3O4S. The van der Waals surface area contributed by atoms with Crippen molar-refractivity contribution >= 4 is 28.8 Å². The number of aliphatic imine (C=N–C) groups is 1. The Kier molecular flexibility index (Phi) is 8.15. The molecule has 1 atom stereocenters. The van der Waals surface area contributed by atoms with Gasteiger partial charge in [-0.3, -0.25) is 4.79 Å². The van der Waals surface area contributed by atoms with Crippen molar-refractivity contribution in [3.05, 3.63) is 87.6 Å². The highest BCUT2D eigenvalue weighted by Gasteiger charge is 2.41. The molecule has 2 heterocycles. The molecule has 0 saturated carbocycles. The highest BCUT2D eigenvalue weighted by Crippen LogP contribution is 2.45. The average molecular weight is 546 g/mol. The lowest BCUT2D eigenvalue weighted by molar-refractivity contribution is -0.139. The number of nitrogens with one attached hydrogen (secondary N) is 1. The van der Waals surface area contributed by atoms with Crippen molar-refractivity contribution in [1.29, 1.82) is 0 Å². The fourth-order valence-corrected chi connectivity index (χ4v) is 5.22. The van der Waals surface area contributed by atoms with Gasteiger partial charge in [-0.15, -0.1) is 0 Å². The van der Waals surface area contributed by atoms with Crippen LogP contribution in [0.5, 0.6) is 5.75 Å². The number of hydrogen-bond donors (Lipinski definition) is 1. The largest absolute Gasteiger partial charge is 0.497 e. The molecule has 7 nitrogen and oxygen atoms in total. The first-order valence-electron chi connectivity index (χ1n) is 11.8. The lowest BCUT2D eigenvalue weighted by Crippen LogP contribution is -2.38. The van der Waals surface area contributed by atoms with E-state index in [0.717, 1.165) is 17.7 Å². The van der Waals surface area contributed by atoms with Crippen molar-refractivity contribution in [2.45, 2.75) is 39.0 Å². The number of halogens is 3. The van der Waals surface area contributed by atoms with Crippen LogP contribution < -0.4 is 10.1 Å². The Morgan fingerprint density at radius 1 is 1.16 bits per heavy atom. The number of esters is 1. The predicted molar refractivity (Wildman–Crippen MR) is 138 cm³/mol. The smallest absolute Gasteiger partial charge is 0.416 e. The lowest BCUT2D eigenvalue weighted by Gasteiger charge is -2.36. The van der Waals surface area contributed by atoms with Crippen LogP contribution in [0.25, 0.3) is 0 Å². The molecule has 1 amide bonds. The number of carbonyl (C=O) groups excluding carboxylic acids is 2. The van der Waals surface area contributed by atoms with Crippen molar-refractivity contribution in [2.24, 2.45) is 4.99 Å². The molecule has 0 radical (unpaired) electrons. The van der Waals surface area contributed by atoms with Gasteiger partial charge in [-0.2, -0.15) is 13.2 Å². The Labute approximate surface area is 222 Å². The summed E-state index contributed by atoms with van der Waals surface area (Å²) in [5.74, 6) is -0.293. The summed E-state index contributed by atoms with van der Waals surface area (Å²) in [7, 11) is 1.55. The van der Waals surface area contributed by atoms with E-state index in [2.05, 4.69) is 10.3 Å². The van der Waals surface area contributed by atoms with Crippen molar-refractivity contribution in [3.63, 3.8) is 0 Å². The van der Waals surface area contributed by atoms with E-state index in [1.165, 1.54) is 23.9 Å². The number of alkyl halides is 3. The van der Waals surface area contributed by atoms with Gasteiger partial charge in [-0.1, -0.05) is 36.0 Å². The topological polar surface area (TPSA) is 80.2 Å². The third kappa shape index (κ3) is 5.88. The molecule has 2 aliphatic rings. The Morgan fingerprint density at radius 2 is 1.92 bits per heavy atom. The average Bonchev–Trinajstić information content (AvgIpc) is 3.28. The summed E-state index contributed by atoms with van der Waals surface area (Å²) < 4.78 is 49.8. The number of thioether (sulfide) groups is 1. The molecule has 1 N–H and O–H groups in total. The van der Waals surface area contributed by atoms with Gasteiger partial charge in [0.25, 0.3) is 0 Å². The summed E-state index contributed by atoms with van der Waals surface area (Å²) in [5, 5.41) is 5.08. The second-order valence-electron chi connectivity index (χ2n) is 8.54. The maximum atomic E-state index is 13.0. The molecule has 2 aromatic carbocycles. The van der Waals surface area contributed by atoms with Gasteiger partial charge in [0.1, 0.15) is 5.75 Å². The molecule has 0 unspecified atom stereocenters. The first kappa shape index (κ1) is 27.3. The van der Waals surface area contributed by atoms with E-state index in [9.17, 15) is 22.8 Å². The minimum atomic E-state index is -4.46. The van der Waals surface area contributed by atoms with Crippen molar-refractivity contribution in [3.8, 4) is 5.75 Å². The number of methoxy groups -OCH3 is 1. The van der Waals surface area contributed by atoms with Gasteiger partial charge in [0, 0.05) is 12.2 Å². The Balaban J connectivity index is 1.58. The zero-order valence-electron chi connectivity index (χ0n) is 21.0. The van der Waals surface area contributed by atoms with Crippen LogP contribution in [0.15, 0.2) is 75.9 Å². The summed E-state index contributed by atoms with van der Waals surface area (Å²) in [6, 6.07) is 11.5. The molecule has 2 aromatic rings. The van der Waals surface area contributed by atoms with Gasteiger partial charge in [0.2, 0.25) is 5.91 Å². The molecule has 0 bridgehead atoms. The number of hydrogen-bond acceptors (Lipinski definition) is 7. The third-order valence-electron chi connectivity index (χ3n) is 5.99. The quantitative estimate of drug-likeness (QED) is 0.438. The van der Waals surface area contributed by atoms with Crippen LogP contribution in [-0.2, 0) is 27.0 Å². The monoisotopic (exact) mass is 545 g/mol. The number of ether oxygens (including phenoxy) is 2. The Hall–Kier alpha value is -3.73. The van der Waals surface area contributed by atoms with Gasteiger partial charge >= 0.3 is 12.1 Å². The summed E-state index contributed by atoms with van der Waals surface area (Å²) in [6.07, 6.45) is -4.53. The molecule has 38 heavy (non-hydrogen) atoms. The Bertz CT molecular complexity index is 1340. The standard InChI is InChI=1S/C27H26F3N3O4S/c1-4-37-25(35)23-16(2)32-26-33(24(23)18-8-6-10-21(12-18)36-3)20(15-38-26)13-22(34)31-14-17-7-5-9-19(11-17)27(28,29)30/h5-12,15,24H,4,13-14H2,1-3H3,(H,31,34)/t24-/m1/s1. The third-order valence-corrected chi connectivity index (χ3v) is 6.88. The van der Waals surface area contributed by atoms with E-state index in [0.29, 0.717) is 33.4 Å². The van der Waals surface area contributed by atoms with Crippen molar-refractivity contribution in [2.75, 3.05) is 13.7 Å². The molecule has 0 aliphatic carbocycles. The molecule has 0 fully saturated rings. The fourth-order valence-electron chi connectivity index (χ4n) is 4.25. The number of benzene rings is 2. The van der Waals surface area contributed by atoms with Crippen molar-refractivity contribution in [1.82, 2.24) is 10.2 Å². The number of amides is 1. The van der Waals surface area contributed by atoms with Crippen LogP contribution in [0.2, 0.25) is 0 Å². The van der Waals surface area contributed by atoms with Gasteiger partial charge in [-0.05, 0) is 54.6 Å². The normalized spacial score (nSPS) is 17.0. The lowest BCUT2D eigenvalue weighted by atomic mass is 9.93. The summed E-state index contributed by atoms with van der Waals surface area (Å²) in [6.45, 7) is 3.59. The number of allylic oxidation sites excluding steroid dienone is 1. The second-order valence-corrected chi connectivity index (χ2v) is 9.38. The number of fused-ring (bicyclic) bond motifs is 1. The molecule has 0 saturated heterocycles. The minimum Gasteiger partial charge on any atom is -0.497 e. The summed E-state index contributed by atoms with van der Waals surface area (Å²) in [5.41, 5.74) is 1.76. The molecule has 2 aliphatic heterocycles. The molecule has 200 valence electrons. The van der Waals surface area contributed by atoms with E-state index >= 15 is 0 Å². The number of nitrogens with zero attached hydrogens (tertiary/aromatic N) is 2.